The molecule has 0 aromatic carbocycles. The summed E-state index contributed by atoms with van der Waals surface area (Å²) in [5.74, 6) is 0.166. The smallest absolute Gasteiger partial charge is 0.414 e. The van der Waals surface area contributed by atoms with Gasteiger partial charge in [-0.1, -0.05) is 0 Å². The number of hydrogen-bond acceptors (Lipinski definition) is 6. The van der Waals surface area contributed by atoms with Crippen molar-refractivity contribution in [1.29, 1.82) is 5.26 Å². The topological polar surface area (TPSA) is 97.4 Å². The van der Waals surface area contributed by atoms with Gasteiger partial charge >= 0.3 is 6.09 Å². The number of ether oxygens (including phenoxy) is 2. The van der Waals surface area contributed by atoms with Crippen molar-refractivity contribution in [1.82, 2.24) is 4.98 Å². The third-order valence-corrected chi connectivity index (χ3v) is 1.66. The lowest BCUT2D eigenvalue weighted by atomic mass is 10.2. The van der Waals surface area contributed by atoms with Crippen LogP contribution in [0, 0.1) is 11.3 Å². The van der Waals surface area contributed by atoms with Gasteiger partial charge in [0.1, 0.15) is 18.3 Å². The largest absolute Gasteiger partial charge is 0.444 e. The highest BCUT2D eigenvalue weighted by Gasteiger charge is 2.20. The summed E-state index contributed by atoms with van der Waals surface area (Å²) in [6, 6.07) is 1.81. The Labute approximate surface area is 105 Å². The second-order valence-electron chi connectivity index (χ2n) is 4.46. The van der Waals surface area contributed by atoms with Gasteiger partial charge in [-0.25, -0.2) is 4.79 Å². The maximum Gasteiger partial charge on any atom is 0.414 e. The third kappa shape index (κ3) is 4.07. The van der Waals surface area contributed by atoms with Crippen LogP contribution in [-0.4, -0.2) is 23.8 Å². The van der Waals surface area contributed by atoms with E-state index in [0.29, 0.717) is 0 Å². The molecule has 0 aliphatic rings. The van der Waals surface area contributed by atoms with Gasteiger partial charge in [0.2, 0.25) is 17.5 Å². The summed E-state index contributed by atoms with van der Waals surface area (Å²) < 4.78 is 15.0. The molecule has 98 valence electrons. The second-order valence-corrected chi connectivity index (χ2v) is 4.46. The first-order chi connectivity index (χ1) is 8.35. The highest BCUT2D eigenvalue weighted by Crippen LogP contribution is 2.18. The molecule has 1 aromatic rings. The van der Waals surface area contributed by atoms with Crippen LogP contribution in [0.2, 0.25) is 0 Å². The van der Waals surface area contributed by atoms with Crippen molar-refractivity contribution in [2.75, 3.05) is 12.4 Å². The van der Waals surface area contributed by atoms with Gasteiger partial charge in [-0.3, -0.25) is 5.32 Å². The van der Waals surface area contributed by atoms with Crippen molar-refractivity contribution < 1.29 is 18.7 Å². The molecule has 0 aliphatic heterocycles. The highest BCUT2D eigenvalue weighted by molar-refractivity contribution is 5.84. The number of anilines is 1. The fourth-order valence-corrected chi connectivity index (χ4v) is 1.11. The number of nitrogens with zero attached hydrogens (tertiary/aromatic N) is 2. The van der Waals surface area contributed by atoms with Crippen molar-refractivity contribution in [3.63, 3.8) is 0 Å². The molecular formula is C11H15N3O4. The molecule has 0 spiro atoms. The van der Waals surface area contributed by atoms with Crippen LogP contribution in [0.5, 0.6) is 0 Å². The number of carbonyl (C=O) groups excluding carboxylic acids is 1. The van der Waals surface area contributed by atoms with Crippen LogP contribution < -0.4 is 5.32 Å². The predicted molar refractivity (Wildman–Crippen MR) is 61.8 cm³/mol. The van der Waals surface area contributed by atoms with E-state index in [1.54, 1.807) is 20.8 Å². The molecular weight excluding hydrogens is 238 g/mol. The van der Waals surface area contributed by atoms with Crippen molar-refractivity contribution in [2.45, 2.75) is 33.0 Å². The number of oxazole rings is 1. The summed E-state index contributed by atoms with van der Waals surface area (Å²) >= 11 is 0. The predicted octanol–water partition coefficient (Wildman–Crippen LogP) is 2.04. The zero-order valence-electron chi connectivity index (χ0n) is 10.7. The van der Waals surface area contributed by atoms with Crippen LogP contribution in [0.15, 0.2) is 4.42 Å². The van der Waals surface area contributed by atoms with E-state index in [0.717, 1.165) is 0 Å². The van der Waals surface area contributed by atoms with Crippen LogP contribution in [-0.2, 0) is 16.1 Å². The Balaban J connectivity index is 2.78. The molecule has 1 aromatic heterocycles. The second kappa shape index (κ2) is 5.51. The summed E-state index contributed by atoms with van der Waals surface area (Å²) in [6.07, 6.45) is -0.709. The maximum absolute atomic E-state index is 11.5. The van der Waals surface area contributed by atoms with Crippen LogP contribution in [0.4, 0.5) is 10.7 Å². The quantitative estimate of drug-likeness (QED) is 0.885. The van der Waals surface area contributed by atoms with E-state index in [1.165, 1.54) is 7.11 Å². The average Bonchev–Trinajstić information content (AvgIpc) is 2.57. The fourth-order valence-electron chi connectivity index (χ4n) is 1.11. The minimum absolute atomic E-state index is 0.0205. The monoisotopic (exact) mass is 253 g/mol. The number of rotatable bonds is 3. The Kier molecular flexibility index (Phi) is 4.28. The van der Waals surface area contributed by atoms with Gasteiger partial charge in [0.25, 0.3) is 0 Å². The number of nitriles is 1. The highest BCUT2D eigenvalue weighted by atomic mass is 16.6. The number of amides is 1. The van der Waals surface area contributed by atoms with Gasteiger partial charge in [-0.15, -0.1) is 0 Å². The summed E-state index contributed by atoms with van der Waals surface area (Å²) in [4.78, 5) is 15.3. The average molecular weight is 253 g/mol. The first-order valence-corrected chi connectivity index (χ1v) is 5.24. The molecule has 1 N–H and O–H groups in total. The molecule has 0 saturated heterocycles. The molecule has 0 atom stereocenters. The third-order valence-electron chi connectivity index (χ3n) is 1.66. The van der Waals surface area contributed by atoms with E-state index in [-0.39, 0.29) is 24.1 Å². The Morgan fingerprint density at radius 2 is 2.22 bits per heavy atom. The standard InChI is InChI=1S/C11H15N3O4/c1-11(2,3)18-10(15)14-9-7(5-12)13-8(17-9)6-16-4/h6H2,1-4H3,(H,14,15). The Hall–Kier alpha value is -2.07. The summed E-state index contributed by atoms with van der Waals surface area (Å²) in [6.45, 7) is 5.31. The van der Waals surface area contributed by atoms with E-state index >= 15 is 0 Å². The summed E-state index contributed by atoms with van der Waals surface area (Å²) in [5, 5.41) is 11.2. The number of carbonyl (C=O) groups is 1. The Bertz CT molecular complexity index is 468. The van der Waals surface area contributed by atoms with Gasteiger partial charge in [0, 0.05) is 7.11 Å². The molecule has 0 saturated carbocycles. The molecule has 0 aliphatic carbocycles. The molecule has 0 unspecified atom stereocenters. The van der Waals surface area contributed by atoms with Gasteiger partial charge in [-0.05, 0) is 20.8 Å². The Morgan fingerprint density at radius 1 is 1.56 bits per heavy atom. The van der Waals surface area contributed by atoms with E-state index < -0.39 is 11.7 Å². The molecule has 0 radical (unpaired) electrons. The molecule has 7 nitrogen and oxygen atoms in total. The van der Waals surface area contributed by atoms with Gasteiger partial charge in [-0.2, -0.15) is 10.2 Å². The van der Waals surface area contributed by atoms with Crippen molar-refractivity contribution in [3.05, 3.63) is 11.6 Å². The van der Waals surface area contributed by atoms with E-state index in [2.05, 4.69) is 10.3 Å². The molecule has 0 fully saturated rings. The SMILES string of the molecule is COCc1nc(C#N)c(NC(=O)OC(C)(C)C)o1. The van der Waals surface area contributed by atoms with Crippen LogP contribution in [0.1, 0.15) is 32.4 Å². The molecule has 18 heavy (non-hydrogen) atoms. The lowest BCUT2D eigenvalue weighted by molar-refractivity contribution is 0.0632. The van der Waals surface area contributed by atoms with Gasteiger partial charge < -0.3 is 13.9 Å². The van der Waals surface area contributed by atoms with Gasteiger partial charge in [0.15, 0.2) is 0 Å². The minimum atomic E-state index is -0.709. The number of nitrogens with one attached hydrogen (secondary N) is 1. The molecule has 0 bridgehead atoms. The summed E-state index contributed by atoms with van der Waals surface area (Å²) in [7, 11) is 1.47. The number of aromatic nitrogens is 1. The van der Waals surface area contributed by atoms with Crippen molar-refractivity contribution >= 4 is 12.0 Å². The molecule has 1 heterocycles. The fraction of sp³-hybridized carbons (Fsp3) is 0.545. The van der Waals surface area contributed by atoms with Crippen LogP contribution in [0.25, 0.3) is 0 Å². The van der Waals surface area contributed by atoms with Crippen LogP contribution >= 0.6 is 0 Å². The van der Waals surface area contributed by atoms with Crippen LogP contribution in [0.3, 0.4) is 0 Å². The van der Waals surface area contributed by atoms with Crippen molar-refractivity contribution in [3.8, 4) is 6.07 Å². The van der Waals surface area contributed by atoms with Crippen molar-refractivity contribution in [2.24, 2.45) is 0 Å². The molecule has 1 amide bonds. The lowest BCUT2D eigenvalue weighted by Crippen LogP contribution is -2.27. The first-order valence-electron chi connectivity index (χ1n) is 5.24. The van der Waals surface area contributed by atoms with E-state index in [1.807, 2.05) is 6.07 Å². The lowest BCUT2D eigenvalue weighted by Gasteiger charge is -2.18. The molecule has 7 heteroatoms. The summed E-state index contributed by atoms with van der Waals surface area (Å²) in [5.41, 5.74) is -0.653. The zero-order valence-corrected chi connectivity index (χ0v) is 10.7. The van der Waals surface area contributed by atoms with E-state index in [9.17, 15) is 4.79 Å². The van der Waals surface area contributed by atoms with Gasteiger partial charge in [0.05, 0.1) is 0 Å². The zero-order chi connectivity index (χ0) is 13.8. The number of hydrogen-bond donors (Lipinski definition) is 1. The van der Waals surface area contributed by atoms with E-state index in [4.69, 9.17) is 19.2 Å². The number of methoxy groups -OCH3 is 1. The maximum atomic E-state index is 11.5. The first kappa shape index (κ1) is 14.0. The Morgan fingerprint density at radius 3 is 2.72 bits per heavy atom. The minimum Gasteiger partial charge on any atom is -0.444 e. The molecule has 1 rings (SSSR count). The normalized spacial score (nSPS) is 10.8.